The molecule has 106 valence electrons. The molecular weight excluding hydrogens is 314 g/mol. The fourth-order valence-corrected chi connectivity index (χ4v) is 2.54. The first-order chi connectivity index (χ1) is 9.45. The molecule has 0 spiro atoms. The van der Waals surface area contributed by atoms with Crippen LogP contribution < -0.4 is 10.5 Å². The predicted octanol–water partition coefficient (Wildman–Crippen LogP) is 4.75. The normalized spacial score (nSPS) is 12.2. The molecule has 0 radical (unpaired) electrons. The van der Waals surface area contributed by atoms with E-state index in [-0.39, 0.29) is 6.04 Å². The van der Waals surface area contributed by atoms with Crippen molar-refractivity contribution in [2.45, 2.75) is 33.2 Å². The average molecular weight is 334 g/mol. The molecule has 20 heavy (non-hydrogen) atoms. The number of aryl methyl sites for hydroxylation is 2. The molecule has 2 N–H and O–H groups in total. The highest BCUT2D eigenvalue weighted by Crippen LogP contribution is 2.28. The maximum absolute atomic E-state index is 5.89. The van der Waals surface area contributed by atoms with Crippen LogP contribution in [0, 0.1) is 13.8 Å². The van der Waals surface area contributed by atoms with Gasteiger partial charge in [0, 0.05) is 10.5 Å². The molecule has 0 aliphatic rings. The van der Waals surface area contributed by atoms with Crippen LogP contribution >= 0.6 is 15.9 Å². The van der Waals surface area contributed by atoms with Crippen LogP contribution in [0.2, 0.25) is 0 Å². The van der Waals surface area contributed by atoms with Gasteiger partial charge in [0.1, 0.15) is 11.5 Å². The zero-order chi connectivity index (χ0) is 14.7. The molecule has 3 heteroatoms. The van der Waals surface area contributed by atoms with Gasteiger partial charge in [0.2, 0.25) is 0 Å². The van der Waals surface area contributed by atoms with Gasteiger partial charge < -0.3 is 10.5 Å². The Hall–Kier alpha value is -1.32. The Balaban J connectivity index is 2.17. The summed E-state index contributed by atoms with van der Waals surface area (Å²) in [7, 11) is 0. The van der Waals surface area contributed by atoms with E-state index in [0.29, 0.717) is 0 Å². The minimum Gasteiger partial charge on any atom is -0.457 e. The zero-order valence-electron chi connectivity index (χ0n) is 12.1. The molecule has 0 amide bonds. The molecule has 1 unspecified atom stereocenters. The van der Waals surface area contributed by atoms with Crippen molar-refractivity contribution in [2.75, 3.05) is 0 Å². The second-order valence-corrected chi connectivity index (χ2v) is 6.14. The van der Waals surface area contributed by atoms with Crippen LogP contribution in [0.4, 0.5) is 0 Å². The summed E-state index contributed by atoms with van der Waals surface area (Å²) in [5.41, 5.74) is 9.54. The molecule has 2 rings (SSSR count). The minimum atomic E-state index is 0.151. The Morgan fingerprint density at radius 1 is 1.05 bits per heavy atom. The maximum Gasteiger partial charge on any atom is 0.128 e. The van der Waals surface area contributed by atoms with Gasteiger partial charge in [-0.05, 0) is 68.1 Å². The number of benzene rings is 2. The summed E-state index contributed by atoms with van der Waals surface area (Å²) in [5.74, 6) is 1.69. The molecule has 0 aromatic heterocycles. The maximum atomic E-state index is 5.89. The molecule has 0 fully saturated rings. The van der Waals surface area contributed by atoms with E-state index in [2.05, 4.69) is 48.0 Å². The van der Waals surface area contributed by atoms with Gasteiger partial charge in [0.05, 0.1) is 0 Å². The van der Waals surface area contributed by atoms with E-state index in [1.54, 1.807) is 0 Å². The van der Waals surface area contributed by atoms with Crippen LogP contribution in [0.5, 0.6) is 11.5 Å². The van der Waals surface area contributed by atoms with Crippen LogP contribution in [0.25, 0.3) is 0 Å². The van der Waals surface area contributed by atoms with Crippen molar-refractivity contribution >= 4 is 15.9 Å². The molecule has 0 bridgehead atoms. The van der Waals surface area contributed by atoms with Crippen molar-refractivity contribution in [2.24, 2.45) is 5.73 Å². The van der Waals surface area contributed by atoms with E-state index in [1.165, 1.54) is 16.7 Å². The molecule has 2 nitrogen and oxygen atoms in total. The molecule has 0 saturated carbocycles. The van der Waals surface area contributed by atoms with Gasteiger partial charge in [0.25, 0.3) is 0 Å². The van der Waals surface area contributed by atoms with Gasteiger partial charge >= 0.3 is 0 Å². The molecule has 2 aromatic rings. The van der Waals surface area contributed by atoms with Crippen molar-refractivity contribution in [3.8, 4) is 11.5 Å². The lowest BCUT2D eigenvalue weighted by molar-refractivity contribution is 0.481. The third-order valence-corrected chi connectivity index (χ3v) is 4.02. The van der Waals surface area contributed by atoms with Gasteiger partial charge in [-0.1, -0.05) is 28.1 Å². The molecule has 0 aliphatic carbocycles. The van der Waals surface area contributed by atoms with Crippen LogP contribution in [0.1, 0.15) is 23.6 Å². The van der Waals surface area contributed by atoms with Crippen molar-refractivity contribution in [3.05, 3.63) is 57.6 Å². The summed E-state index contributed by atoms with van der Waals surface area (Å²) in [5, 5.41) is 0. The smallest absolute Gasteiger partial charge is 0.128 e. The highest BCUT2D eigenvalue weighted by molar-refractivity contribution is 9.10. The van der Waals surface area contributed by atoms with Crippen LogP contribution in [-0.4, -0.2) is 6.04 Å². The summed E-state index contributed by atoms with van der Waals surface area (Å²) >= 11 is 3.58. The van der Waals surface area contributed by atoms with E-state index in [1.807, 2.05) is 25.1 Å². The number of rotatable bonds is 4. The summed E-state index contributed by atoms with van der Waals surface area (Å²) in [6, 6.07) is 12.3. The van der Waals surface area contributed by atoms with Crippen LogP contribution in [0.3, 0.4) is 0 Å². The number of ether oxygens (including phenoxy) is 1. The van der Waals surface area contributed by atoms with Gasteiger partial charge in [-0.25, -0.2) is 0 Å². The lowest BCUT2D eigenvalue weighted by Gasteiger charge is -2.11. The minimum absolute atomic E-state index is 0.151. The quantitative estimate of drug-likeness (QED) is 0.876. The average Bonchev–Trinajstić information content (AvgIpc) is 2.37. The van der Waals surface area contributed by atoms with E-state index < -0.39 is 0 Å². The first-order valence-corrected chi connectivity index (χ1v) is 7.54. The fraction of sp³-hybridized carbons (Fsp3) is 0.294. The zero-order valence-corrected chi connectivity index (χ0v) is 13.7. The number of hydrogen-bond donors (Lipinski definition) is 1. The number of nitrogens with two attached hydrogens (primary N) is 1. The Kier molecular flexibility index (Phi) is 4.84. The molecule has 1 atom stereocenters. The Morgan fingerprint density at radius 2 is 1.70 bits per heavy atom. The van der Waals surface area contributed by atoms with Crippen LogP contribution in [0.15, 0.2) is 40.9 Å². The van der Waals surface area contributed by atoms with Gasteiger partial charge in [-0.3, -0.25) is 0 Å². The third-order valence-electron chi connectivity index (χ3n) is 3.28. The summed E-state index contributed by atoms with van der Waals surface area (Å²) < 4.78 is 6.93. The Labute approximate surface area is 129 Å². The van der Waals surface area contributed by atoms with Crippen molar-refractivity contribution < 1.29 is 4.74 Å². The summed E-state index contributed by atoms with van der Waals surface area (Å²) in [6.45, 7) is 6.19. The van der Waals surface area contributed by atoms with Crippen molar-refractivity contribution in [1.82, 2.24) is 0 Å². The topological polar surface area (TPSA) is 35.2 Å². The lowest BCUT2D eigenvalue weighted by atomic mass is 10.1. The third kappa shape index (κ3) is 3.84. The van der Waals surface area contributed by atoms with E-state index >= 15 is 0 Å². The monoisotopic (exact) mass is 333 g/mol. The lowest BCUT2D eigenvalue weighted by Crippen LogP contribution is -2.17. The SMILES string of the molecule is Cc1ccc(Oc2ccc(CC(C)N)c(Br)c2)cc1C. The molecule has 2 aromatic carbocycles. The number of hydrogen-bond acceptors (Lipinski definition) is 2. The van der Waals surface area contributed by atoms with Crippen molar-refractivity contribution in [3.63, 3.8) is 0 Å². The molecule has 0 heterocycles. The highest BCUT2D eigenvalue weighted by Gasteiger charge is 2.06. The highest BCUT2D eigenvalue weighted by atomic mass is 79.9. The Bertz CT molecular complexity index is 608. The summed E-state index contributed by atoms with van der Waals surface area (Å²) in [6.07, 6.45) is 0.852. The standard InChI is InChI=1S/C17H20BrNO/c1-11-4-6-15(8-12(11)2)20-16-7-5-14(9-13(3)19)17(18)10-16/h4-8,10,13H,9,19H2,1-3H3. The van der Waals surface area contributed by atoms with E-state index in [9.17, 15) is 0 Å². The second kappa shape index (κ2) is 6.42. The largest absolute Gasteiger partial charge is 0.457 e. The van der Waals surface area contributed by atoms with Gasteiger partial charge in [-0.2, -0.15) is 0 Å². The number of halogens is 1. The van der Waals surface area contributed by atoms with Gasteiger partial charge in [0.15, 0.2) is 0 Å². The molecular formula is C17H20BrNO. The summed E-state index contributed by atoms with van der Waals surface area (Å²) in [4.78, 5) is 0. The predicted molar refractivity (Wildman–Crippen MR) is 87.5 cm³/mol. The van der Waals surface area contributed by atoms with E-state index in [0.717, 1.165) is 22.4 Å². The van der Waals surface area contributed by atoms with E-state index in [4.69, 9.17) is 10.5 Å². The second-order valence-electron chi connectivity index (χ2n) is 5.28. The first-order valence-electron chi connectivity index (χ1n) is 6.75. The Morgan fingerprint density at radius 3 is 2.30 bits per heavy atom. The van der Waals surface area contributed by atoms with Crippen LogP contribution in [-0.2, 0) is 6.42 Å². The molecule has 0 aliphatic heterocycles. The molecule has 0 saturated heterocycles. The van der Waals surface area contributed by atoms with Gasteiger partial charge in [-0.15, -0.1) is 0 Å². The fourth-order valence-electron chi connectivity index (χ4n) is 2.02. The van der Waals surface area contributed by atoms with Crippen molar-refractivity contribution in [1.29, 1.82) is 0 Å². The first kappa shape index (κ1) is 15.1.